The Morgan fingerprint density at radius 3 is 2.73 bits per heavy atom. The monoisotopic (exact) mass is 392 g/mol. The van der Waals surface area contributed by atoms with E-state index in [0.717, 1.165) is 0 Å². The maximum atomic E-state index is 12.7. The lowest BCUT2D eigenvalue weighted by atomic mass is 10.2. The summed E-state index contributed by atoms with van der Waals surface area (Å²) >= 11 is 3.37. The maximum Gasteiger partial charge on any atom is 0.289 e. The van der Waals surface area contributed by atoms with Gasteiger partial charge in [0, 0.05) is 24.0 Å². The van der Waals surface area contributed by atoms with Crippen molar-refractivity contribution >= 4 is 34.9 Å². The van der Waals surface area contributed by atoms with E-state index in [4.69, 9.17) is 4.42 Å². The Morgan fingerprint density at radius 2 is 2.15 bits per heavy atom. The molecule has 0 radical (unpaired) electrons. The summed E-state index contributed by atoms with van der Waals surface area (Å²) in [5.41, 5.74) is 1.21. The van der Waals surface area contributed by atoms with Crippen LogP contribution < -0.4 is 0 Å². The number of amides is 2. The SMILES string of the molecule is Cc1ccsc1[C@@H]1S[C@H](C)C(=O)N1CCN(C(=O)c1ccco1)C(C)C. The number of aryl methyl sites for hydroxylation is 1. The van der Waals surface area contributed by atoms with Crippen molar-refractivity contribution in [1.29, 1.82) is 0 Å². The molecule has 0 bridgehead atoms. The van der Waals surface area contributed by atoms with Gasteiger partial charge in [-0.25, -0.2) is 0 Å². The highest BCUT2D eigenvalue weighted by molar-refractivity contribution is 8.01. The largest absolute Gasteiger partial charge is 0.459 e. The molecule has 1 saturated heterocycles. The molecular weight excluding hydrogens is 368 g/mol. The predicted molar refractivity (Wildman–Crippen MR) is 105 cm³/mol. The number of carbonyl (C=O) groups is 2. The molecular formula is C19H24N2O3S2. The van der Waals surface area contributed by atoms with E-state index in [1.165, 1.54) is 16.7 Å². The molecule has 0 aromatic carbocycles. The Hall–Kier alpha value is -1.73. The van der Waals surface area contributed by atoms with Gasteiger partial charge in [0.2, 0.25) is 5.91 Å². The highest BCUT2D eigenvalue weighted by Gasteiger charge is 2.39. The van der Waals surface area contributed by atoms with Gasteiger partial charge in [-0.3, -0.25) is 9.59 Å². The first-order valence-electron chi connectivity index (χ1n) is 8.74. The minimum absolute atomic E-state index is 0.0253. The van der Waals surface area contributed by atoms with Crippen LogP contribution in [0.15, 0.2) is 34.3 Å². The first-order valence-corrected chi connectivity index (χ1v) is 10.6. The van der Waals surface area contributed by atoms with Crippen LogP contribution in [0.5, 0.6) is 0 Å². The number of thioether (sulfide) groups is 1. The molecule has 5 nitrogen and oxygen atoms in total. The van der Waals surface area contributed by atoms with Gasteiger partial charge in [0.25, 0.3) is 5.91 Å². The molecule has 2 aromatic heterocycles. The second-order valence-corrected chi connectivity index (χ2v) is 9.07. The van der Waals surface area contributed by atoms with E-state index in [1.54, 1.807) is 40.1 Å². The van der Waals surface area contributed by atoms with Crippen molar-refractivity contribution in [2.24, 2.45) is 0 Å². The molecule has 1 aliphatic rings. The first-order chi connectivity index (χ1) is 12.4. The van der Waals surface area contributed by atoms with Crippen molar-refractivity contribution in [3.8, 4) is 0 Å². The van der Waals surface area contributed by atoms with E-state index in [-0.39, 0.29) is 28.5 Å². The van der Waals surface area contributed by atoms with Gasteiger partial charge in [0.05, 0.1) is 11.5 Å². The van der Waals surface area contributed by atoms with Gasteiger partial charge < -0.3 is 14.2 Å². The van der Waals surface area contributed by atoms with Crippen LogP contribution in [0.2, 0.25) is 0 Å². The Kier molecular flexibility index (Phi) is 5.77. The lowest BCUT2D eigenvalue weighted by Crippen LogP contribution is -2.43. The molecule has 1 fully saturated rings. The smallest absolute Gasteiger partial charge is 0.289 e. The third kappa shape index (κ3) is 3.69. The van der Waals surface area contributed by atoms with Gasteiger partial charge in [0.1, 0.15) is 5.37 Å². The average molecular weight is 393 g/mol. The summed E-state index contributed by atoms with van der Waals surface area (Å²) in [6.07, 6.45) is 1.50. The lowest BCUT2D eigenvalue weighted by molar-refractivity contribution is -0.130. The summed E-state index contributed by atoms with van der Waals surface area (Å²) < 4.78 is 5.26. The highest BCUT2D eigenvalue weighted by atomic mass is 32.2. The molecule has 7 heteroatoms. The van der Waals surface area contributed by atoms with E-state index < -0.39 is 0 Å². The summed E-state index contributed by atoms with van der Waals surface area (Å²) in [5, 5.41) is 2.04. The Balaban J connectivity index is 1.75. The van der Waals surface area contributed by atoms with Gasteiger partial charge in [-0.15, -0.1) is 23.1 Å². The summed E-state index contributed by atoms with van der Waals surface area (Å²) in [5.74, 6) is 0.336. The highest BCUT2D eigenvalue weighted by Crippen LogP contribution is 2.45. The van der Waals surface area contributed by atoms with Crippen molar-refractivity contribution in [2.75, 3.05) is 13.1 Å². The molecule has 0 unspecified atom stereocenters. The lowest BCUT2D eigenvalue weighted by Gasteiger charge is -2.30. The average Bonchev–Trinajstić information content (AvgIpc) is 3.31. The number of hydrogen-bond acceptors (Lipinski definition) is 5. The molecule has 0 N–H and O–H groups in total. The van der Waals surface area contributed by atoms with Gasteiger partial charge in [-0.2, -0.15) is 0 Å². The molecule has 2 amide bonds. The second-order valence-electron chi connectivity index (χ2n) is 6.70. The maximum absolute atomic E-state index is 12.7. The fourth-order valence-electron chi connectivity index (χ4n) is 3.09. The van der Waals surface area contributed by atoms with Crippen LogP contribution in [0.4, 0.5) is 0 Å². The van der Waals surface area contributed by atoms with E-state index in [2.05, 4.69) is 18.4 Å². The Morgan fingerprint density at radius 1 is 1.38 bits per heavy atom. The fraction of sp³-hybridized carbons (Fsp3) is 0.474. The number of carbonyl (C=O) groups excluding carboxylic acids is 2. The van der Waals surface area contributed by atoms with Gasteiger partial charge in [-0.05, 0) is 56.8 Å². The molecule has 2 atom stereocenters. The molecule has 0 aliphatic carbocycles. The molecule has 3 rings (SSSR count). The van der Waals surface area contributed by atoms with Crippen LogP contribution in [0, 0.1) is 6.92 Å². The minimum Gasteiger partial charge on any atom is -0.459 e. The Labute approximate surface area is 162 Å². The number of nitrogens with zero attached hydrogens (tertiary/aromatic N) is 2. The van der Waals surface area contributed by atoms with Crippen LogP contribution in [0.1, 0.15) is 47.1 Å². The third-order valence-electron chi connectivity index (χ3n) is 4.57. The topological polar surface area (TPSA) is 53.8 Å². The van der Waals surface area contributed by atoms with Crippen molar-refractivity contribution in [3.63, 3.8) is 0 Å². The van der Waals surface area contributed by atoms with Gasteiger partial charge in [-0.1, -0.05) is 0 Å². The van der Waals surface area contributed by atoms with E-state index in [1.807, 2.05) is 25.7 Å². The second kappa shape index (κ2) is 7.88. The molecule has 0 spiro atoms. The van der Waals surface area contributed by atoms with Crippen molar-refractivity contribution in [1.82, 2.24) is 9.80 Å². The fourth-order valence-corrected chi connectivity index (χ4v) is 5.65. The summed E-state index contributed by atoms with van der Waals surface area (Å²) in [6.45, 7) is 8.99. The zero-order chi connectivity index (χ0) is 18.8. The van der Waals surface area contributed by atoms with Crippen molar-refractivity contribution < 1.29 is 14.0 Å². The van der Waals surface area contributed by atoms with Gasteiger partial charge >= 0.3 is 0 Å². The Bertz CT molecular complexity index is 770. The van der Waals surface area contributed by atoms with Crippen LogP contribution in [-0.2, 0) is 4.79 Å². The first kappa shape index (κ1) is 19.0. The molecule has 2 aromatic rings. The van der Waals surface area contributed by atoms with Crippen molar-refractivity contribution in [3.05, 3.63) is 46.0 Å². The minimum atomic E-state index is -0.138. The summed E-state index contributed by atoms with van der Waals surface area (Å²) in [7, 11) is 0. The van der Waals surface area contributed by atoms with Gasteiger partial charge in [0.15, 0.2) is 5.76 Å². The molecule has 140 valence electrons. The normalized spacial score (nSPS) is 20.2. The summed E-state index contributed by atoms with van der Waals surface area (Å²) in [6, 6.07) is 5.50. The van der Waals surface area contributed by atoms with Crippen LogP contribution >= 0.6 is 23.1 Å². The number of furan rings is 1. The van der Waals surface area contributed by atoms with Crippen molar-refractivity contribution in [2.45, 2.75) is 44.4 Å². The van der Waals surface area contributed by atoms with E-state index in [9.17, 15) is 9.59 Å². The zero-order valence-corrected chi connectivity index (χ0v) is 17.1. The number of hydrogen-bond donors (Lipinski definition) is 0. The predicted octanol–water partition coefficient (Wildman–Crippen LogP) is 4.16. The molecule has 0 saturated carbocycles. The van der Waals surface area contributed by atoms with E-state index in [0.29, 0.717) is 18.8 Å². The van der Waals surface area contributed by atoms with Crippen LogP contribution in [0.3, 0.4) is 0 Å². The summed E-state index contributed by atoms with van der Waals surface area (Å²) in [4.78, 5) is 30.3. The quantitative estimate of drug-likeness (QED) is 0.741. The molecule has 3 heterocycles. The van der Waals surface area contributed by atoms with Crippen LogP contribution in [-0.4, -0.2) is 46.0 Å². The number of rotatable bonds is 6. The standard InChI is InChI=1S/C19H24N2O3S2/c1-12(2)20(18(23)15-6-5-10-24-15)8-9-21-17(22)14(4)26-19(21)16-13(3)7-11-25-16/h5-7,10-12,14,19H,8-9H2,1-4H3/t14-,19+/m1/s1. The van der Waals surface area contributed by atoms with E-state index >= 15 is 0 Å². The number of thiophene rings is 1. The zero-order valence-electron chi connectivity index (χ0n) is 15.5. The third-order valence-corrected chi connectivity index (χ3v) is 7.15. The molecule has 26 heavy (non-hydrogen) atoms. The molecule has 1 aliphatic heterocycles. The van der Waals surface area contributed by atoms with Crippen LogP contribution in [0.25, 0.3) is 0 Å².